The highest BCUT2D eigenvalue weighted by atomic mass is 16.6. The monoisotopic (exact) mass is 257 g/mol. The van der Waals surface area contributed by atoms with Gasteiger partial charge in [-0.3, -0.25) is 0 Å². The minimum Gasteiger partial charge on any atom is -0.464 e. The van der Waals surface area contributed by atoms with E-state index < -0.39 is 18.1 Å². The SMILES string of the molecule is C=CCOC(=O)NC(C(=O)OCCCC)C(C)C. The van der Waals surface area contributed by atoms with Gasteiger partial charge in [-0.1, -0.05) is 39.8 Å². The summed E-state index contributed by atoms with van der Waals surface area (Å²) >= 11 is 0. The van der Waals surface area contributed by atoms with E-state index in [9.17, 15) is 9.59 Å². The molecule has 0 aliphatic carbocycles. The Balaban J connectivity index is 4.24. The van der Waals surface area contributed by atoms with Gasteiger partial charge in [0, 0.05) is 0 Å². The highest BCUT2D eigenvalue weighted by molar-refractivity contribution is 5.81. The standard InChI is InChI=1S/C13H23NO4/c1-5-7-9-17-12(15)11(10(3)4)14-13(16)18-8-6-2/h6,10-11H,2,5,7-9H2,1,3-4H3,(H,14,16). The number of carbonyl (C=O) groups excluding carboxylic acids is 2. The van der Waals surface area contributed by atoms with E-state index in [0.717, 1.165) is 12.8 Å². The normalized spacial score (nSPS) is 11.8. The molecule has 1 unspecified atom stereocenters. The second kappa shape index (κ2) is 9.50. The fourth-order valence-electron chi connectivity index (χ4n) is 1.21. The largest absolute Gasteiger partial charge is 0.464 e. The zero-order valence-electron chi connectivity index (χ0n) is 11.4. The Morgan fingerprint density at radius 1 is 1.33 bits per heavy atom. The maximum absolute atomic E-state index is 11.8. The van der Waals surface area contributed by atoms with E-state index in [-0.39, 0.29) is 12.5 Å². The van der Waals surface area contributed by atoms with Crippen LogP contribution in [0.2, 0.25) is 0 Å². The van der Waals surface area contributed by atoms with Crippen molar-refractivity contribution in [2.24, 2.45) is 5.92 Å². The minimum absolute atomic E-state index is 0.0598. The molecule has 0 bridgehead atoms. The molecule has 104 valence electrons. The lowest BCUT2D eigenvalue weighted by Gasteiger charge is -2.20. The zero-order chi connectivity index (χ0) is 14.0. The molecule has 1 amide bonds. The van der Waals surface area contributed by atoms with E-state index >= 15 is 0 Å². The van der Waals surface area contributed by atoms with Gasteiger partial charge < -0.3 is 14.8 Å². The van der Waals surface area contributed by atoms with E-state index in [1.165, 1.54) is 6.08 Å². The van der Waals surface area contributed by atoms with Gasteiger partial charge in [0.2, 0.25) is 0 Å². The highest BCUT2D eigenvalue weighted by Gasteiger charge is 2.25. The summed E-state index contributed by atoms with van der Waals surface area (Å²) in [6.07, 6.45) is 2.59. The van der Waals surface area contributed by atoms with Crippen molar-refractivity contribution in [3.8, 4) is 0 Å². The molecule has 0 heterocycles. The summed E-state index contributed by atoms with van der Waals surface area (Å²) in [5.74, 6) is -0.482. The fraction of sp³-hybridized carbons (Fsp3) is 0.692. The first-order valence-corrected chi connectivity index (χ1v) is 6.23. The number of rotatable bonds is 8. The van der Waals surface area contributed by atoms with Gasteiger partial charge in [0.15, 0.2) is 0 Å². The summed E-state index contributed by atoms with van der Waals surface area (Å²) in [5, 5.41) is 2.49. The maximum Gasteiger partial charge on any atom is 0.408 e. The summed E-state index contributed by atoms with van der Waals surface area (Å²) in [5.41, 5.74) is 0. The van der Waals surface area contributed by atoms with Crippen LogP contribution in [-0.2, 0) is 14.3 Å². The fourth-order valence-corrected chi connectivity index (χ4v) is 1.21. The summed E-state index contributed by atoms with van der Waals surface area (Å²) in [7, 11) is 0. The van der Waals surface area contributed by atoms with Crippen LogP contribution in [0.3, 0.4) is 0 Å². The molecule has 0 radical (unpaired) electrons. The number of unbranched alkanes of at least 4 members (excludes halogenated alkanes) is 1. The zero-order valence-corrected chi connectivity index (χ0v) is 11.4. The molecule has 0 fully saturated rings. The highest BCUT2D eigenvalue weighted by Crippen LogP contribution is 2.05. The quantitative estimate of drug-likeness (QED) is 0.411. The van der Waals surface area contributed by atoms with Gasteiger partial charge >= 0.3 is 12.1 Å². The lowest BCUT2D eigenvalue weighted by molar-refractivity contribution is -0.147. The maximum atomic E-state index is 11.8. The molecular weight excluding hydrogens is 234 g/mol. The van der Waals surface area contributed by atoms with Crippen molar-refractivity contribution in [2.75, 3.05) is 13.2 Å². The number of amides is 1. The molecule has 0 rings (SSSR count). The number of esters is 1. The van der Waals surface area contributed by atoms with Crippen LogP contribution in [0.1, 0.15) is 33.6 Å². The van der Waals surface area contributed by atoms with Crippen LogP contribution in [0.15, 0.2) is 12.7 Å². The summed E-state index contributed by atoms with van der Waals surface area (Å²) in [6.45, 7) is 9.60. The first-order valence-electron chi connectivity index (χ1n) is 6.23. The summed E-state index contributed by atoms with van der Waals surface area (Å²) < 4.78 is 9.85. The Morgan fingerprint density at radius 2 is 2.00 bits per heavy atom. The Morgan fingerprint density at radius 3 is 2.50 bits per heavy atom. The van der Waals surface area contributed by atoms with Crippen LogP contribution in [-0.4, -0.2) is 31.3 Å². The number of carbonyl (C=O) groups is 2. The lowest BCUT2D eigenvalue weighted by atomic mass is 10.1. The molecule has 5 heteroatoms. The van der Waals surface area contributed by atoms with Gasteiger partial charge in [-0.05, 0) is 12.3 Å². The van der Waals surface area contributed by atoms with Crippen molar-refractivity contribution >= 4 is 12.1 Å². The first kappa shape index (κ1) is 16.5. The van der Waals surface area contributed by atoms with Crippen LogP contribution in [0, 0.1) is 5.92 Å². The Bertz CT molecular complexity index is 276. The van der Waals surface area contributed by atoms with E-state index in [4.69, 9.17) is 9.47 Å². The molecule has 0 saturated carbocycles. The smallest absolute Gasteiger partial charge is 0.408 e. The minimum atomic E-state index is -0.681. The molecule has 0 aromatic rings. The average molecular weight is 257 g/mol. The third kappa shape index (κ3) is 6.93. The number of nitrogens with one attached hydrogen (secondary N) is 1. The van der Waals surface area contributed by atoms with Crippen molar-refractivity contribution < 1.29 is 19.1 Å². The molecule has 18 heavy (non-hydrogen) atoms. The van der Waals surface area contributed by atoms with Crippen LogP contribution < -0.4 is 5.32 Å². The molecule has 0 spiro atoms. The van der Waals surface area contributed by atoms with E-state index in [1.54, 1.807) is 0 Å². The van der Waals surface area contributed by atoms with Gasteiger partial charge in [-0.2, -0.15) is 0 Å². The number of hydrogen-bond acceptors (Lipinski definition) is 4. The molecule has 1 N–H and O–H groups in total. The van der Waals surface area contributed by atoms with Crippen molar-refractivity contribution in [3.05, 3.63) is 12.7 Å². The molecule has 0 aromatic heterocycles. The molecule has 1 atom stereocenters. The van der Waals surface area contributed by atoms with Crippen LogP contribution in [0.25, 0.3) is 0 Å². The van der Waals surface area contributed by atoms with Gasteiger partial charge in [0.1, 0.15) is 12.6 Å². The third-order valence-corrected chi connectivity index (χ3v) is 2.27. The van der Waals surface area contributed by atoms with Gasteiger partial charge in [0.05, 0.1) is 6.61 Å². The van der Waals surface area contributed by atoms with Crippen LogP contribution >= 0.6 is 0 Å². The number of ether oxygens (including phenoxy) is 2. The van der Waals surface area contributed by atoms with Gasteiger partial charge in [-0.25, -0.2) is 9.59 Å². The molecule has 5 nitrogen and oxygen atoms in total. The number of alkyl carbamates (subject to hydrolysis) is 1. The second-order valence-electron chi connectivity index (χ2n) is 4.27. The van der Waals surface area contributed by atoms with Crippen molar-refractivity contribution in [2.45, 2.75) is 39.7 Å². The van der Waals surface area contributed by atoms with E-state index in [1.807, 2.05) is 20.8 Å². The van der Waals surface area contributed by atoms with Gasteiger partial charge in [-0.15, -0.1) is 0 Å². The summed E-state index contributed by atoms with van der Waals surface area (Å²) in [4.78, 5) is 23.1. The van der Waals surface area contributed by atoms with Crippen molar-refractivity contribution in [1.82, 2.24) is 5.32 Å². The lowest BCUT2D eigenvalue weighted by Crippen LogP contribution is -2.45. The topological polar surface area (TPSA) is 64.6 Å². The third-order valence-electron chi connectivity index (χ3n) is 2.27. The Labute approximate surface area is 109 Å². The van der Waals surface area contributed by atoms with Crippen molar-refractivity contribution in [1.29, 1.82) is 0 Å². The Hall–Kier alpha value is -1.52. The summed E-state index contributed by atoms with van der Waals surface area (Å²) in [6, 6.07) is -0.681. The van der Waals surface area contributed by atoms with Crippen LogP contribution in [0.5, 0.6) is 0 Å². The van der Waals surface area contributed by atoms with E-state index in [2.05, 4.69) is 11.9 Å². The van der Waals surface area contributed by atoms with E-state index in [0.29, 0.717) is 6.61 Å². The predicted octanol–water partition coefficient (Wildman–Crippen LogP) is 2.27. The second-order valence-corrected chi connectivity index (χ2v) is 4.27. The average Bonchev–Trinajstić information content (AvgIpc) is 2.33. The van der Waals surface area contributed by atoms with Gasteiger partial charge in [0.25, 0.3) is 0 Å². The Kier molecular flexibility index (Phi) is 8.70. The molecular formula is C13H23NO4. The number of hydrogen-bond donors (Lipinski definition) is 1. The molecule has 0 aliphatic heterocycles. The predicted molar refractivity (Wildman–Crippen MR) is 69.2 cm³/mol. The molecule has 0 aromatic carbocycles. The molecule has 0 saturated heterocycles. The van der Waals surface area contributed by atoms with Crippen molar-refractivity contribution in [3.63, 3.8) is 0 Å². The van der Waals surface area contributed by atoms with Crippen LogP contribution in [0.4, 0.5) is 4.79 Å². The first-order chi connectivity index (χ1) is 8.52. The molecule has 0 aliphatic rings.